The van der Waals surface area contributed by atoms with Gasteiger partial charge < -0.3 is 25.4 Å². The summed E-state index contributed by atoms with van der Waals surface area (Å²) in [6.07, 6.45) is 0.735. The number of hydrogen-bond donors (Lipinski definition) is 3. The molecule has 0 unspecified atom stereocenters. The molecule has 0 fully saturated rings. The van der Waals surface area contributed by atoms with Crippen LogP contribution in [-0.4, -0.2) is 53.0 Å². The quantitative estimate of drug-likeness (QED) is 0.596. The maximum absolute atomic E-state index is 12.4. The van der Waals surface area contributed by atoms with E-state index in [2.05, 4.69) is 0 Å². The van der Waals surface area contributed by atoms with Crippen molar-refractivity contribution in [3.63, 3.8) is 0 Å². The molecule has 0 saturated carbocycles. The van der Waals surface area contributed by atoms with Gasteiger partial charge in [-0.05, 0) is 41.8 Å². The van der Waals surface area contributed by atoms with E-state index in [9.17, 15) is 4.79 Å². The van der Waals surface area contributed by atoms with E-state index in [4.69, 9.17) is 40.1 Å². The zero-order valence-corrected chi connectivity index (χ0v) is 18.4. The van der Waals surface area contributed by atoms with Gasteiger partial charge in [0.2, 0.25) is 5.91 Å². The molecule has 33 heavy (non-hydrogen) atoms. The maximum atomic E-state index is 12.4. The first-order valence-electron chi connectivity index (χ1n) is 10.1. The molecule has 2 aromatic rings. The van der Waals surface area contributed by atoms with Crippen LogP contribution in [0.15, 0.2) is 47.6 Å². The summed E-state index contributed by atoms with van der Waals surface area (Å²) in [7, 11) is 3.28. The number of hydrogen-bond acceptors (Lipinski definition) is 7. The molecule has 10 heteroatoms. The van der Waals surface area contributed by atoms with E-state index in [-0.39, 0.29) is 23.9 Å². The molecule has 4 N–H and O–H groups in total. The summed E-state index contributed by atoms with van der Waals surface area (Å²) in [5, 5.41) is 21.1. The lowest BCUT2D eigenvalue weighted by Crippen LogP contribution is -2.34. The van der Waals surface area contributed by atoms with E-state index in [1.807, 2.05) is 42.5 Å². The number of fused-ring (bicyclic) bond motifs is 3. The Balaban J connectivity index is 0.000000454. The van der Waals surface area contributed by atoms with Gasteiger partial charge in [-0.15, -0.1) is 0 Å². The monoisotopic (exact) mass is 455 g/mol. The van der Waals surface area contributed by atoms with E-state index in [0.717, 1.165) is 40.3 Å². The first kappa shape index (κ1) is 23.7. The molecule has 2 aromatic carbocycles. The molecule has 0 radical (unpaired) electrons. The van der Waals surface area contributed by atoms with Crippen LogP contribution in [0.2, 0.25) is 0 Å². The summed E-state index contributed by atoms with van der Waals surface area (Å²) < 4.78 is 10.6. The average Bonchev–Trinajstić information content (AvgIpc) is 3.19. The number of rotatable bonds is 3. The number of carboxylic acids is 2. The summed E-state index contributed by atoms with van der Waals surface area (Å²) in [4.78, 5) is 30.6. The topological polar surface area (TPSA) is 152 Å². The van der Waals surface area contributed by atoms with E-state index >= 15 is 0 Å². The second kappa shape index (κ2) is 9.70. The number of amides is 1. The molecular formula is C23H25N3O7. The molecule has 1 aliphatic heterocycles. The number of nitrogens with two attached hydrogens (primary N) is 1. The van der Waals surface area contributed by atoms with Crippen LogP contribution in [0.1, 0.15) is 42.1 Å². The van der Waals surface area contributed by atoms with Crippen molar-refractivity contribution in [3.8, 4) is 11.5 Å². The highest BCUT2D eigenvalue weighted by atomic mass is 16.5. The molecule has 1 amide bonds. The lowest BCUT2D eigenvalue weighted by molar-refractivity contribution is -0.159. The molecule has 1 heterocycles. The van der Waals surface area contributed by atoms with Crippen LogP contribution in [0.5, 0.6) is 11.5 Å². The summed E-state index contributed by atoms with van der Waals surface area (Å²) in [5.74, 6) is -2.16. The number of hydrazone groups is 1. The molecule has 3 atom stereocenters. The fourth-order valence-corrected chi connectivity index (χ4v) is 4.12. The lowest BCUT2D eigenvalue weighted by Gasteiger charge is -2.32. The first-order chi connectivity index (χ1) is 15.7. The van der Waals surface area contributed by atoms with Crippen molar-refractivity contribution in [2.75, 3.05) is 14.2 Å². The molecule has 174 valence electrons. The van der Waals surface area contributed by atoms with Crippen molar-refractivity contribution in [3.05, 3.63) is 59.2 Å². The highest BCUT2D eigenvalue weighted by Crippen LogP contribution is 2.46. The van der Waals surface area contributed by atoms with Gasteiger partial charge in [0.15, 0.2) is 0 Å². The highest BCUT2D eigenvalue weighted by Gasteiger charge is 2.45. The minimum absolute atomic E-state index is 0.0388. The molecule has 0 spiro atoms. The van der Waals surface area contributed by atoms with Gasteiger partial charge in [0, 0.05) is 24.4 Å². The minimum atomic E-state index is -1.82. The summed E-state index contributed by atoms with van der Waals surface area (Å²) in [6, 6.07) is 13.4. The second-order valence-electron chi connectivity index (χ2n) is 7.58. The fraction of sp³-hybridized carbons (Fsp3) is 0.304. The van der Waals surface area contributed by atoms with Crippen molar-refractivity contribution in [2.24, 2.45) is 16.8 Å². The Morgan fingerprint density at radius 2 is 1.58 bits per heavy atom. The van der Waals surface area contributed by atoms with Gasteiger partial charge in [-0.2, -0.15) is 5.10 Å². The van der Waals surface area contributed by atoms with Gasteiger partial charge in [0.1, 0.15) is 11.5 Å². The molecule has 1 aliphatic carbocycles. The van der Waals surface area contributed by atoms with Crippen LogP contribution in [0.3, 0.4) is 0 Å². The van der Waals surface area contributed by atoms with Crippen LogP contribution >= 0.6 is 0 Å². The number of ether oxygens (including phenoxy) is 2. The number of carboxylic acid groups (broad SMARTS) is 2. The van der Waals surface area contributed by atoms with Crippen LogP contribution in [0.4, 0.5) is 0 Å². The highest BCUT2D eigenvalue weighted by molar-refractivity contribution is 6.27. The minimum Gasteiger partial charge on any atom is -0.497 e. The number of methoxy groups -OCH3 is 2. The predicted molar refractivity (Wildman–Crippen MR) is 118 cm³/mol. The van der Waals surface area contributed by atoms with Crippen molar-refractivity contribution < 1.29 is 34.1 Å². The van der Waals surface area contributed by atoms with Gasteiger partial charge in [-0.1, -0.05) is 18.2 Å². The normalized spacial score (nSPS) is 20.4. The van der Waals surface area contributed by atoms with Crippen molar-refractivity contribution in [2.45, 2.75) is 25.4 Å². The standard InChI is InChI=1S/C21H23N3O3.C2H2O4/c1-12(25)24-21(13-4-6-14(26-2)7-5-13)18-11-19(22)16-9-8-15(27-3)10-17(16)20(18)23-24;3-1(4)2(5)6/h4-10,18-19,21H,11,22H2,1-3H3;(H,3,4)(H,5,6)/t18-,19-,21-;/m0./s1. The van der Waals surface area contributed by atoms with Gasteiger partial charge in [0.25, 0.3) is 0 Å². The van der Waals surface area contributed by atoms with Gasteiger partial charge in [-0.3, -0.25) is 4.79 Å². The SMILES string of the molecule is COc1ccc([C@H]2[C@H]3C[C@H](N)c4ccc(OC)cc4C3=NN2C(C)=O)cc1.O=C(O)C(=O)O. The van der Waals surface area contributed by atoms with Crippen molar-refractivity contribution >= 4 is 23.6 Å². The molecule has 0 bridgehead atoms. The third kappa shape index (κ3) is 4.80. The van der Waals surface area contributed by atoms with E-state index in [1.54, 1.807) is 26.2 Å². The van der Waals surface area contributed by atoms with Crippen molar-refractivity contribution in [1.29, 1.82) is 0 Å². The third-order valence-corrected chi connectivity index (χ3v) is 5.62. The lowest BCUT2D eigenvalue weighted by atomic mass is 9.75. The number of nitrogens with zero attached hydrogens (tertiary/aromatic N) is 2. The molecule has 0 saturated heterocycles. The zero-order chi connectivity index (χ0) is 24.3. The van der Waals surface area contributed by atoms with Crippen LogP contribution < -0.4 is 15.2 Å². The molecule has 0 aromatic heterocycles. The average molecular weight is 455 g/mol. The number of carbonyl (C=O) groups excluding carboxylic acids is 1. The Hall–Kier alpha value is -3.92. The van der Waals surface area contributed by atoms with Crippen LogP contribution in [0.25, 0.3) is 0 Å². The second-order valence-corrected chi connectivity index (χ2v) is 7.58. The van der Waals surface area contributed by atoms with E-state index < -0.39 is 11.9 Å². The Morgan fingerprint density at radius 1 is 1.00 bits per heavy atom. The smallest absolute Gasteiger partial charge is 0.414 e. The number of benzene rings is 2. The van der Waals surface area contributed by atoms with E-state index in [1.165, 1.54) is 0 Å². The van der Waals surface area contributed by atoms with Gasteiger partial charge >= 0.3 is 11.9 Å². The maximum Gasteiger partial charge on any atom is 0.414 e. The summed E-state index contributed by atoms with van der Waals surface area (Å²) in [6.45, 7) is 1.55. The zero-order valence-electron chi connectivity index (χ0n) is 18.4. The van der Waals surface area contributed by atoms with E-state index in [0.29, 0.717) is 0 Å². The summed E-state index contributed by atoms with van der Waals surface area (Å²) in [5.41, 5.74) is 10.4. The Kier molecular flexibility index (Phi) is 6.98. The molecular weight excluding hydrogens is 430 g/mol. The molecule has 10 nitrogen and oxygen atoms in total. The Labute approximate surface area is 190 Å². The fourth-order valence-electron chi connectivity index (χ4n) is 4.12. The number of aliphatic carboxylic acids is 2. The van der Waals surface area contributed by atoms with Crippen LogP contribution in [-0.2, 0) is 14.4 Å². The van der Waals surface area contributed by atoms with Crippen molar-refractivity contribution in [1.82, 2.24) is 5.01 Å². The first-order valence-corrected chi connectivity index (χ1v) is 10.1. The summed E-state index contributed by atoms with van der Waals surface area (Å²) >= 11 is 0. The van der Waals surface area contributed by atoms with Crippen LogP contribution in [0, 0.1) is 5.92 Å². The van der Waals surface area contributed by atoms with Gasteiger partial charge in [-0.25, -0.2) is 14.6 Å². The Morgan fingerprint density at radius 3 is 2.09 bits per heavy atom. The Bertz CT molecular complexity index is 1090. The number of carbonyl (C=O) groups is 3. The molecule has 2 aliphatic rings. The largest absolute Gasteiger partial charge is 0.497 e. The molecule has 4 rings (SSSR count). The van der Waals surface area contributed by atoms with Gasteiger partial charge in [0.05, 0.1) is 26.0 Å². The third-order valence-electron chi connectivity index (χ3n) is 5.62. The predicted octanol–water partition coefficient (Wildman–Crippen LogP) is 2.19.